The van der Waals surface area contributed by atoms with Crippen LogP contribution in [0, 0.1) is 0 Å². The quantitative estimate of drug-likeness (QED) is 0.772. The summed E-state index contributed by atoms with van der Waals surface area (Å²) < 4.78 is 1.75. The Kier molecular flexibility index (Phi) is 4.06. The van der Waals surface area contributed by atoms with Gasteiger partial charge in [0.2, 0.25) is 0 Å². The van der Waals surface area contributed by atoms with Gasteiger partial charge < -0.3 is 15.6 Å². The molecule has 0 spiro atoms. The number of hydrogen-bond acceptors (Lipinski definition) is 3. The van der Waals surface area contributed by atoms with Gasteiger partial charge in [-0.1, -0.05) is 13.8 Å². The minimum absolute atomic E-state index is 0.158. The first-order valence-corrected chi connectivity index (χ1v) is 5.57. The van der Waals surface area contributed by atoms with Crippen LogP contribution in [0.2, 0.25) is 0 Å². The maximum Gasteiger partial charge on any atom is 0.271 e. The van der Waals surface area contributed by atoms with Gasteiger partial charge in [0.25, 0.3) is 5.91 Å². The maximum atomic E-state index is 11.9. The van der Waals surface area contributed by atoms with Crippen molar-refractivity contribution in [2.45, 2.75) is 32.2 Å². The molecule has 0 radical (unpaired) electrons. The van der Waals surface area contributed by atoms with Crippen molar-refractivity contribution in [2.75, 3.05) is 6.54 Å². The Morgan fingerprint density at radius 3 is 2.56 bits per heavy atom. The van der Waals surface area contributed by atoms with Crippen LogP contribution >= 0.6 is 0 Å². The smallest absolute Gasteiger partial charge is 0.271 e. The Labute approximate surface area is 96.0 Å². The lowest BCUT2D eigenvalue weighted by Gasteiger charge is -2.31. The second-order valence-corrected chi connectivity index (χ2v) is 4.07. The van der Waals surface area contributed by atoms with E-state index in [-0.39, 0.29) is 11.4 Å². The zero-order chi connectivity index (χ0) is 12.2. The molecule has 5 heteroatoms. The molecule has 16 heavy (non-hydrogen) atoms. The zero-order valence-corrected chi connectivity index (χ0v) is 10.2. The highest BCUT2D eigenvalue weighted by atomic mass is 16.2. The third-order valence-electron chi connectivity index (χ3n) is 3.06. The molecule has 5 nitrogen and oxygen atoms in total. The standard InChI is InChI=1S/C11H20N4O/c1-4-11(5-2,7-12)14-10(16)9-6-15(3)8-13-9/h6,8H,4-5,7,12H2,1-3H3,(H,14,16). The summed E-state index contributed by atoms with van der Waals surface area (Å²) in [4.78, 5) is 15.9. The number of nitrogens with two attached hydrogens (primary N) is 1. The van der Waals surface area contributed by atoms with Gasteiger partial charge in [0.15, 0.2) is 0 Å². The second-order valence-electron chi connectivity index (χ2n) is 4.07. The monoisotopic (exact) mass is 224 g/mol. The van der Waals surface area contributed by atoms with Gasteiger partial charge in [-0.15, -0.1) is 0 Å². The summed E-state index contributed by atoms with van der Waals surface area (Å²) in [6.07, 6.45) is 4.94. The third kappa shape index (κ3) is 2.61. The Bertz CT molecular complexity index is 346. The van der Waals surface area contributed by atoms with Crippen molar-refractivity contribution in [3.63, 3.8) is 0 Å². The van der Waals surface area contributed by atoms with E-state index in [1.807, 2.05) is 20.9 Å². The highest BCUT2D eigenvalue weighted by Crippen LogP contribution is 2.13. The number of carbonyl (C=O) groups is 1. The SMILES string of the molecule is CCC(CC)(CN)NC(=O)c1cn(C)cn1. The van der Waals surface area contributed by atoms with Crippen molar-refractivity contribution >= 4 is 5.91 Å². The van der Waals surface area contributed by atoms with Crippen LogP contribution in [0.15, 0.2) is 12.5 Å². The van der Waals surface area contributed by atoms with Crippen molar-refractivity contribution in [2.24, 2.45) is 12.8 Å². The lowest BCUT2D eigenvalue weighted by Crippen LogP contribution is -2.52. The van der Waals surface area contributed by atoms with Crippen LogP contribution in [-0.2, 0) is 7.05 Å². The van der Waals surface area contributed by atoms with Crippen molar-refractivity contribution in [1.82, 2.24) is 14.9 Å². The number of rotatable bonds is 5. The summed E-state index contributed by atoms with van der Waals surface area (Å²) in [6.45, 7) is 4.49. The van der Waals surface area contributed by atoms with Crippen LogP contribution in [-0.4, -0.2) is 27.5 Å². The fourth-order valence-electron chi connectivity index (χ4n) is 1.60. The summed E-state index contributed by atoms with van der Waals surface area (Å²) in [5.74, 6) is -0.158. The van der Waals surface area contributed by atoms with E-state index in [4.69, 9.17) is 5.73 Å². The molecular weight excluding hydrogens is 204 g/mol. The van der Waals surface area contributed by atoms with Crippen molar-refractivity contribution in [1.29, 1.82) is 0 Å². The lowest BCUT2D eigenvalue weighted by molar-refractivity contribution is 0.0890. The molecule has 1 amide bonds. The molecule has 1 heterocycles. The Morgan fingerprint density at radius 1 is 1.56 bits per heavy atom. The predicted octanol–water partition coefficient (Wildman–Crippen LogP) is 0.667. The van der Waals surface area contributed by atoms with E-state index in [0.29, 0.717) is 12.2 Å². The van der Waals surface area contributed by atoms with E-state index >= 15 is 0 Å². The summed E-state index contributed by atoms with van der Waals surface area (Å²) >= 11 is 0. The van der Waals surface area contributed by atoms with Gasteiger partial charge >= 0.3 is 0 Å². The molecule has 0 aliphatic rings. The molecule has 0 aromatic carbocycles. The van der Waals surface area contributed by atoms with Crippen molar-refractivity contribution in [3.8, 4) is 0 Å². The number of carbonyl (C=O) groups excluding carboxylic acids is 1. The topological polar surface area (TPSA) is 72.9 Å². The highest BCUT2D eigenvalue weighted by molar-refractivity contribution is 5.92. The van der Waals surface area contributed by atoms with Crippen LogP contribution in [0.5, 0.6) is 0 Å². The number of nitrogens with one attached hydrogen (secondary N) is 1. The first-order valence-electron chi connectivity index (χ1n) is 5.57. The fourth-order valence-corrected chi connectivity index (χ4v) is 1.60. The van der Waals surface area contributed by atoms with Gasteiger partial charge in [0.1, 0.15) is 5.69 Å². The molecule has 1 rings (SSSR count). The van der Waals surface area contributed by atoms with Gasteiger partial charge in [-0.05, 0) is 12.8 Å². The largest absolute Gasteiger partial charge is 0.344 e. The third-order valence-corrected chi connectivity index (χ3v) is 3.06. The molecule has 1 aromatic heterocycles. The molecular formula is C11H20N4O. The molecule has 0 atom stereocenters. The fraction of sp³-hybridized carbons (Fsp3) is 0.636. The van der Waals surface area contributed by atoms with Crippen molar-refractivity contribution in [3.05, 3.63) is 18.2 Å². The Balaban J connectivity index is 2.76. The first kappa shape index (κ1) is 12.7. The summed E-state index contributed by atoms with van der Waals surface area (Å²) in [5.41, 5.74) is 5.84. The van der Waals surface area contributed by atoms with Gasteiger partial charge in [-0.25, -0.2) is 4.98 Å². The molecule has 3 N–H and O–H groups in total. The maximum absolute atomic E-state index is 11.9. The van der Waals surface area contributed by atoms with Crippen molar-refractivity contribution < 1.29 is 4.79 Å². The summed E-state index contributed by atoms with van der Waals surface area (Å²) in [6, 6.07) is 0. The molecule has 0 saturated carbocycles. The van der Waals surface area contributed by atoms with Gasteiger partial charge in [-0.3, -0.25) is 4.79 Å². The van der Waals surface area contributed by atoms with E-state index in [0.717, 1.165) is 12.8 Å². The lowest BCUT2D eigenvalue weighted by atomic mass is 9.93. The number of hydrogen-bond donors (Lipinski definition) is 2. The number of aryl methyl sites for hydroxylation is 1. The highest BCUT2D eigenvalue weighted by Gasteiger charge is 2.27. The molecule has 0 unspecified atom stereocenters. The molecule has 0 bridgehead atoms. The van der Waals surface area contributed by atoms with Gasteiger partial charge in [-0.2, -0.15) is 0 Å². The molecule has 0 aliphatic heterocycles. The normalized spacial score (nSPS) is 11.5. The molecule has 1 aromatic rings. The van der Waals surface area contributed by atoms with Crippen LogP contribution in [0.4, 0.5) is 0 Å². The van der Waals surface area contributed by atoms with E-state index in [2.05, 4.69) is 10.3 Å². The minimum atomic E-state index is -0.311. The van der Waals surface area contributed by atoms with Crippen LogP contribution < -0.4 is 11.1 Å². The predicted molar refractivity (Wildman–Crippen MR) is 63.0 cm³/mol. The van der Waals surface area contributed by atoms with Crippen LogP contribution in [0.25, 0.3) is 0 Å². The van der Waals surface area contributed by atoms with E-state index in [1.165, 1.54) is 0 Å². The molecule has 0 aliphatic carbocycles. The van der Waals surface area contributed by atoms with Gasteiger partial charge in [0, 0.05) is 19.8 Å². The first-order chi connectivity index (χ1) is 7.56. The van der Waals surface area contributed by atoms with E-state index in [1.54, 1.807) is 17.1 Å². The zero-order valence-electron chi connectivity index (χ0n) is 10.2. The van der Waals surface area contributed by atoms with Gasteiger partial charge in [0.05, 0.1) is 11.9 Å². The number of nitrogens with zero attached hydrogens (tertiary/aromatic N) is 2. The number of amides is 1. The number of imidazole rings is 1. The minimum Gasteiger partial charge on any atom is -0.344 e. The Hall–Kier alpha value is -1.36. The summed E-state index contributed by atoms with van der Waals surface area (Å²) in [7, 11) is 1.83. The molecule has 0 fully saturated rings. The average molecular weight is 224 g/mol. The average Bonchev–Trinajstić information content (AvgIpc) is 2.73. The molecule has 90 valence electrons. The summed E-state index contributed by atoms with van der Waals surface area (Å²) in [5, 5.41) is 2.97. The second kappa shape index (κ2) is 5.12. The van der Waals surface area contributed by atoms with Crippen LogP contribution in [0.1, 0.15) is 37.2 Å². The molecule has 0 saturated heterocycles. The van der Waals surface area contributed by atoms with E-state index in [9.17, 15) is 4.79 Å². The van der Waals surface area contributed by atoms with E-state index < -0.39 is 0 Å². The van der Waals surface area contributed by atoms with Crippen LogP contribution in [0.3, 0.4) is 0 Å². The Morgan fingerprint density at radius 2 is 2.19 bits per heavy atom. The number of aromatic nitrogens is 2.